The molecule has 1 aliphatic heterocycles. The van der Waals surface area contributed by atoms with Crippen LogP contribution in [-0.2, 0) is 6.42 Å². The molecule has 2 aromatic rings. The number of rotatable bonds is 4. The summed E-state index contributed by atoms with van der Waals surface area (Å²) < 4.78 is 5.82. The molecule has 1 heterocycles. The quantitative estimate of drug-likeness (QED) is 0.633. The van der Waals surface area contributed by atoms with Gasteiger partial charge in [-0.25, -0.2) is 0 Å². The predicted octanol–water partition coefficient (Wildman–Crippen LogP) is 4.87. The largest absolute Gasteiger partial charge is 1.00 e. The van der Waals surface area contributed by atoms with Gasteiger partial charge < -0.3 is 10.1 Å². The number of para-hydroxylation sites is 1. The molecule has 0 radical (unpaired) electrons. The second kappa shape index (κ2) is 11.8. The number of fused-ring (bicyclic) bond motifs is 1. The monoisotopic (exact) mass is 431 g/mol. The van der Waals surface area contributed by atoms with E-state index in [0.717, 1.165) is 29.1 Å². The molecule has 0 N–H and O–H groups in total. The van der Waals surface area contributed by atoms with E-state index in [4.69, 9.17) is 10.1 Å². The molecule has 0 atom stereocenters. The van der Waals surface area contributed by atoms with Crippen LogP contribution in [0.2, 0.25) is 0 Å². The van der Waals surface area contributed by atoms with Crippen LogP contribution in [0.5, 0.6) is 5.75 Å². The van der Waals surface area contributed by atoms with Gasteiger partial charge in [0.1, 0.15) is 11.5 Å². The second-order valence-electron chi connectivity index (χ2n) is 6.27. The van der Waals surface area contributed by atoms with Crippen molar-refractivity contribution in [3.63, 3.8) is 0 Å². The first kappa shape index (κ1) is 24.1. The number of hydrogen-bond acceptors (Lipinski definition) is 1. The third-order valence-corrected chi connectivity index (χ3v) is 3.98. The molecule has 0 unspecified atom stereocenters. The van der Waals surface area contributed by atoms with Crippen molar-refractivity contribution in [3.8, 4) is 5.75 Å². The number of benzene rings is 2. The van der Waals surface area contributed by atoms with Crippen LogP contribution in [0, 0.1) is 0 Å². The van der Waals surface area contributed by atoms with E-state index in [2.05, 4.69) is 33.4 Å². The average molecular weight is 432 g/mol. The van der Waals surface area contributed by atoms with Crippen LogP contribution in [0.3, 0.4) is 0 Å². The van der Waals surface area contributed by atoms with E-state index >= 15 is 0 Å². The summed E-state index contributed by atoms with van der Waals surface area (Å²) in [5.41, 5.74) is 6.74. The Balaban J connectivity index is 0.00000118. The zero-order valence-corrected chi connectivity index (χ0v) is 22.4. The summed E-state index contributed by atoms with van der Waals surface area (Å²) in [7, 11) is 0. The van der Waals surface area contributed by atoms with E-state index in [0.29, 0.717) is 5.76 Å². The maximum Gasteiger partial charge on any atom is 1.00 e. The molecular weight excluding hydrogens is 404 g/mol. The first-order chi connectivity index (χ1) is 12.5. The van der Waals surface area contributed by atoms with Gasteiger partial charge in [0.05, 0.1) is 0 Å². The maximum absolute atomic E-state index is 5.82. The summed E-state index contributed by atoms with van der Waals surface area (Å²) in [4.78, 5) is 0. The molecule has 1 aliphatic rings. The number of ether oxygens (including phenoxy) is 1. The molecule has 0 spiro atoms. The summed E-state index contributed by atoms with van der Waals surface area (Å²) in [5, 5.41) is 4.85. The molecule has 3 rings (SSSR count). The summed E-state index contributed by atoms with van der Waals surface area (Å²) in [6.07, 6.45) is 5.05. The van der Waals surface area contributed by atoms with Crippen LogP contribution in [0.25, 0.3) is 10.9 Å². The topological polar surface area (TPSA) is 23.3 Å². The van der Waals surface area contributed by atoms with Crippen molar-refractivity contribution in [2.75, 3.05) is 0 Å². The van der Waals surface area contributed by atoms with Gasteiger partial charge in [-0.2, -0.15) is 0 Å². The summed E-state index contributed by atoms with van der Waals surface area (Å²) in [6, 6.07) is 14.1. The molecule has 2 aromatic carbocycles. The molecule has 0 amide bonds. The second-order valence-corrected chi connectivity index (χ2v) is 6.27. The minimum absolute atomic E-state index is 0. The molecule has 2 nitrogen and oxygen atoms in total. The van der Waals surface area contributed by atoms with Crippen molar-refractivity contribution in [2.45, 2.75) is 41.0 Å². The van der Waals surface area contributed by atoms with Crippen molar-refractivity contribution in [1.82, 2.24) is 0 Å². The van der Waals surface area contributed by atoms with E-state index in [1.54, 1.807) is 0 Å². The van der Waals surface area contributed by atoms with Crippen LogP contribution >= 0.6 is 0 Å². The van der Waals surface area contributed by atoms with Crippen molar-refractivity contribution in [1.29, 1.82) is 0 Å². The van der Waals surface area contributed by atoms with E-state index in [1.807, 2.05) is 62.4 Å². The van der Waals surface area contributed by atoms with Crippen LogP contribution in [0.4, 0.5) is 11.4 Å². The van der Waals surface area contributed by atoms with Crippen molar-refractivity contribution >= 4 is 16.9 Å². The van der Waals surface area contributed by atoms with Gasteiger partial charge in [-0.05, 0) is 50.5 Å². The Morgan fingerprint density at radius 1 is 1.07 bits per heavy atom. The molecule has 0 fully saturated rings. The molecule has 0 aliphatic carbocycles. The molecule has 0 bridgehead atoms. The molecule has 0 saturated heterocycles. The third kappa shape index (κ3) is 6.57. The fraction of sp³-hybridized carbons (Fsp3) is 0.250. The minimum atomic E-state index is 0. The summed E-state index contributed by atoms with van der Waals surface area (Å²) in [6.45, 7) is 14.3. The minimum Gasteiger partial charge on any atom is -0.658 e. The van der Waals surface area contributed by atoms with Gasteiger partial charge in [-0.3, -0.25) is 0 Å². The molecule has 0 saturated carbocycles. The smallest absolute Gasteiger partial charge is 0.658 e. The number of nitrogens with zero attached hydrogens (tertiary/aromatic N) is 1. The van der Waals surface area contributed by atoms with Gasteiger partial charge in [-0.1, -0.05) is 68.5 Å². The van der Waals surface area contributed by atoms with Gasteiger partial charge in [0.2, 0.25) is 0 Å². The Morgan fingerprint density at radius 3 is 2.37 bits per heavy atom. The Labute approximate surface area is 213 Å². The fourth-order valence-electron chi connectivity index (χ4n) is 2.88. The van der Waals surface area contributed by atoms with E-state index in [9.17, 15) is 0 Å². The number of allylic oxidation sites excluding steroid dienone is 4. The van der Waals surface area contributed by atoms with Crippen molar-refractivity contribution in [2.24, 2.45) is 0 Å². The molecule has 27 heavy (non-hydrogen) atoms. The Morgan fingerprint density at radius 2 is 1.74 bits per heavy atom. The van der Waals surface area contributed by atoms with Gasteiger partial charge in [0, 0.05) is 5.56 Å². The Kier molecular flexibility index (Phi) is 10.5. The third-order valence-electron chi connectivity index (χ3n) is 3.98. The Bertz CT molecular complexity index is 831. The molecular formula is C24H28NORb. The normalized spacial score (nSPS) is 11.6. The zero-order chi connectivity index (χ0) is 19.1. The predicted molar refractivity (Wildman–Crippen MR) is 113 cm³/mol. The average Bonchev–Trinajstić information content (AvgIpc) is 2.63. The van der Waals surface area contributed by atoms with Crippen LogP contribution in [0.1, 0.15) is 45.7 Å². The fourth-order valence-corrected chi connectivity index (χ4v) is 2.88. The van der Waals surface area contributed by atoms with E-state index in [1.165, 1.54) is 16.7 Å². The molecule has 3 heteroatoms. The standard InChI is InChI=1S/C22H22NO.C2H6.Rb/c1-15(2)10-11-19-20(23-18-8-6-5-7-9-18)12-13-21-22(19)16(3)14-17(4)24-21;1-2;/h5-10,12-14H,4,11H2,1-3H3;1-2H3;/q-1;;+1. The van der Waals surface area contributed by atoms with Gasteiger partial charge >= 0.3 is 58.2 Å². The van der Waals surface area contributed by atoms with E-state index in [-0.39, 0.29) is 58.2 Å². The van der Waals surface area contributed by atoms with Gasteiger partial charge in [-0.15, -0.1) is 11.4 Å². The van der Waals surface area contributed by atoms with Crippen molar-refractivity contribution in [3.05, 3.63) is 89.0 Å². The summed E-state index contributed by atoms with van der Waals surface area (Å²) >= 11 is 0. The molecule has 136 valence electrons. The van der Waals surface area contributed by atoms with Gasteiger partial charge in [0.25, 0.3) is 0 Å². The van der Waals surface area contributed by atoms with Crippen molar-refractivity contribution < 1.29 is 62.9 Å². The van der Waals surface area contributed by atoms with Crippen LogP contribution < -0.4 is 62.9 Å². The summed E-state index contributed by atoms with van der Waals surface area (Å²) in [5.74, 6) is 1.55. The first-order valence-corrected chi connectivity index (χ1v) is 9.16. The Hall–Kier alpha value is -0.935. The molecule has 0 aromatic heterocycles. The zero-order valence-electron chi connectivity index (χ0n) is 17.5. The first-order valence-electron chi connectivity index (χ1n) is 9.16. The van der Waals surface area contributed by atoms with Crippen LogP contribution in [0.15, 0.2) is 72.5 Å². The maximum atomic E-state index is 5.82. The van der Waals surface area contributed by atoms with E-state index < -0.39 is 0 Å². The number of hydrogen-bond donors (Lipinski definition) is 0. The van der Waals surface area contributed by atoms with Gasteiger partial charge in [0.15, 0.2) is 0 Å². The SMILES string of the molecule is C=C1C=C(C)c2c(ccc([N-]c3ccccc3)c2CC=C(C)C)O1.CC.[Rb+]. The van der Waals surface area contributed by atoms with Crippen LogP contribution in [-0.4, -0.2) is 0 Å².